The second kappa shape index (κ2) is 7.52. The first-order chi connectivity index (χ1) is 13.5. The van der Waals surface area contributed by atoms with Crippen LogP contribution in [0.2, 0.25) is 0 Å². The summed E-state index contributed by atoms with van der Waals surface area (Å²) in [6.07, 6.45) is 0.100. The van der Waals surface area contributed by atoms with Crippen molar-refractivity contribution >= 4 is 23.4 Å². The molecule has 0 N–H and O–H groups in total. The molecule has 0 aromatic heterocycles. The monoisotopic (exact) mass is 381 g/mol. The summed E-state index contributed by atoms with van der Waals surface area (Å²) in [5, 5.41) is 0. The van der Waals surface area contributed by atoms with Gasteiger partial charge in [-0.3, -0.25) is 19.3 Å². The molecule has 0 unspecified atom stereocenters. The Labute approximate surface area is 162 Å². The van der Waals surface area contributed by atoms with Crippen molar-refractivity contribution < 1.29 is 18.8 Å². The number of halogens is 1. The van der Waals surface area contributed by atoms with Crippen molar-refractivity contribution in [2.45, 2.75) is 12.5 Å². The standard InChI is InChI=1S/C21H20FN3O3/c22-16-6-8-17(9-7-16)25-19(26)14-18(21(25)28)23-10-12-24(13-11-23)20(27)15-4-2-1-3-5-15/h1-9,18H,10-14H2/t18-/m0/s1. The predicted molar refractivity (Wildman–Crippen MR) is 101 cm³/mol. The number of nitrogens with zero attached hydrogens (tertiary/aromatic N) is 3. The number of imide groups is 1. The summed E-state index contributed by atoms with van der Waals surface area (Å²) < 4.78 is 13.1. The van der Waals surface area contributed by atoms with Crippen LogP contribution in [0.25, 0.3) is 0 Å². The highest BCUT2D eigenvalue weighted by atomic mass is 19.1. The van der Waals surface area contributed by atoms with Crippen molar-refractivity contribution in [1.29, 1.82) is 0 Å². The summed E-state index contributed by atoms with van der Waals surface area (Å²) in [6, 6.07) is 13.9. The van der Waals surface area contributed by atoms with Gasteiger partial charge in [0.25, 0.3) is 11.8 Å². The highest BCUT2D eigenvalue weighted by molar-refractivity contribution is 6.22. The van der Waals surface area contributed by atoms with Gasteiger partial charge in [0.15, 0.2) is 0 Å². The number of carbonyl (C=O) groups is 3. The Kier molecular flexibility index (Phi) is 4.92. The largest absolute Gasteiger partial charge is 0.336 e. The summed E-state index contributed by atoms with van der Waals surface area (Å²) in [7, 11) is 0. The topological polar surface area (TPSA) is 60.9 Å². The third-order valence-corrected chi connectivity index (χ3v) is 5.27. The van der Waals surface area contributed by atoms with Crippen molar-refractivity contribution in [1.82, 2.24) is 9.80 Å². The van der Waals surface area contributed by atoms with E-state index in [1.165, 1.54) is 24.3 Å². The Morgan fingerprint density at radius 2 is 1.54 bits per heavy atom. The van der Waals surface area contributed by atoms with E-state index in [0.29, 0.717) is 37.4 Å². The highest BCUT2D eigenvalue weighted by Gasteiger charge is 2.43. The van der Waals surface area contributed by atoms with Crippen molar-refractivity contribution in [3.63, 3.8) is 0 Å². The highest BCUT2D eigenvalue weighted by Crippen LogP contribution is 2.26. The third kappa shape index (κ3) is 3.41. The third-order valence-electron chi connectivity index (χ3n) is 5.27. The van der Waals surface area contributed by atoms with Crippen LogP contribution in [0.5, 0.6) is 0 Å². The minimum Gasteiger partial charge on any atom is -0.336 e. The Hall–Kier alpha value is -3.06. The van der Waals surface area contributed by atoms with Crippen LogP contribution in [0.4, 0.5) is 10.1 Å². The zero-order valence-electron chi connectivity index (χ0n) is 15.3. The molecule has 2 aromatic carbocycles. The molecule has 28 heavy (non-hydrogen) atoms. The van der Waals surface area contributed by atoms with Gasteiger partial charge in [-0.2, -0.15) is 0 Å². The van der Waals surface area contributed by atoms with E-state index >= 15 is 0 Å². The minimum absolute atomic E-state index is 0.0259. The Balaban J connectivity index is 1.41. The zero-order valence-corrected chi connectivity index (χ0v) is 15.3. The Morgan fingerprint density at radius 1 is 0.893 bits per heavy atom. The quantitative estimate of drug-likeness (QED) is 0.762. The molecule has 0 saturated carbocycles. The summed E-state index contributed by atoms with van der Waals surface area (Å²) >= 11 is 0. The molecule has 2 saturated heterocycles. The molecule has 3 amide bonds. The van der Waals surface area contributed by atoms with Crippen LogP contribution in [0.3, 0.4) is 0 Å². The molecule has 144 valence electrons. The van der Waals surface area contributed by atoms with E-state index in [0.717, 1.165) is 4.90 Å². The van der Waals surface area contributed by atoms with Crippen LogP contribution < -0.4 is 4.90 Å². The molecule has 2 aromatic rings. The van der Waals surface area contributed by atoms with Gasteiger partial charge in [-0.05, 0) is 36.4 Å². The lowest BCUT2D eigenvalue weighted by molar-refractivity contribution is -0.123. The lowest BCUT2D eigenvalue weighted by Crippen LogP contribution is -2.53. The van der Waals surface area contributed by atoms with Gasteiger partial charge in [-0.15, -0.1) is 0 Å². The van der Waals surface area contributed by atoms with Crippen molar-refractivity contribution in [3.8, 4) is 0 Å². The second-order valence-corrected chi connectivity index (χ2v) is 6.96. The number of hydrogen-bond acceptors (Lipinski definition) is 4. The summed E-state index contributed by atoms with van der Waals surface area (Å²) in [5.74, 6) is -1.02. The van der Waals surface area contributed by atoms with Gasteiger partial charge >= 0.3 is 0 Å². The lowest BCUT2D eigenvalue weighted by Gasteiger charge is -2.37. The molecular formula is C21H20FN3O3. The molecule has 0 aliphatic carbocycles. The van der Waals surface area contributed by atoms with E-state index in [1.807, 2.05) is 23.1 Å². The first-order valence-corrected chi connectivity index (χ1v) is 9.25. The average Bonchev–Trinajstić information content (AvgIpc) is 3.03. The van der Waals surface area contributed by atoms with E-state index in [1.54, 1.807) is 17.0 Å². The van der Waals surface area contributed by atoms with Gasteiger partial charge in [-0.25, -0.2) is 9.29 Å². The Morgan fingerprint density at radius 3 is 2.18 bits per heavy atom. The zero-order chi connectivity index (χ0) is 19.7. The van der Waals surface area contributed by atoms with Crippen LogP contribution in [-0.4, -0.2) is 59.7 Å². The SMILES string of the molecule is O=C(c1ccccc1)N1CCN([C@H]2CC(=O)N(c3ccc(F)cc3)C2=O)CC1. The number of carbonyl (C=O) groups excluding carboxylic acids is 3. The van der Waals surface area contributed by atoms with Gasteiger partial charge in [0.1, 0.15) is 5.82 Å². The van der Waals surface area contributed by atoms with E-state index in [2.05, 4.69) is 0 Å². The van der Waals surface area contributed by atoms with Gasteiger partial charge in [0.2, 0.25) is 5.91 Å². The van der Waals surface area contributed by atoms with Gasteiger partial charge in [0, 0.05) is 31.7 Å². The molecule has 2 aliphatic rings. The number of anilines is 1. The molecule has 0 radical (unpaired) electrons. The summed E-state index contributed by atoms with van der Waals surface area (Å²) in [6.45, 7) is 2.06. The maximum absolute atomic E-state index is 13.1. The minimum atomic E-state index is -0.536. The fraction of sp³-hybridized carbons (Fsp3) is 0.286. The molecule has 2 aliphatic heterocycles. The average molecular weight is 381 g/mol. The van der Waals surface area contributed by atoms with Crippen LogP contribution in [-0.2, 0) is 9.59 Å². The van der Waals surface area contributed by atoms with Gasteiger partial charge < -0.3 is 4.90 Å². The Bertz CT molecular complexity index is 893. The molecule has 6 nitrogen and oxygen atoms in total. The van der Waals surface area contributed by atoms with Crippen LogP contribution in [0, 0.1) is 5.82 Å². The lowest BCUT2D eigenvalue weighted by atomic mass is 10.1. The van der Waals surface area contributed by atoms with Gasteiger partial charge in [-0.1, -0.05) is 18.2 Å². The predicted octanol–water partition coefficient (Wildman–Crippen LogP) is 1.92. The maximum atomic E-state index is 13.1. The molecule has 2 fully saturated rings. The van der Waals surface area contributed by atoms with Crippen LogP contribution in [0.1, 0.15) is 16.8 Å². The maximum Gasteiger partial charge on any atom is 0.253 e. The first kappa shape index (κ1) is 18.3. The molecule has 0 spiro atoms. The number of piperazine rings is 1. The fourth-order valence-electron chi connectivity index (χ4n) is 3.76. The number of hydrogen-bond donors (Lipinski definition) is 0. The molecule has 0 bridgehead atoms. The fourth-order valence-corrected chi connectivity index (χ4v) is 3.76. The van der Waals surface area contributed by atoms with E-state index < -0.39 is 11.9 Å². The van der Waals surface area contributed by atoms with E-state index in [4.69, 9.17) is 0 Å². The van der Waals surface area contributed by atoms with Crippen LogP contribution >= 0.6 is 0 Å². The summed E-state index contributed by atoms with van der Waals surface area (Å²) in [4.78, 5) is 42.6. The second-order valence-electron chi connectivity index (χ2n) is 6.96. The molecule has 2 heterocycles. The van der Waals surface area contributed by atoms with Gasteiger partial charge in [0.05, 0.1) is 18.2 Å². The first-order valence-electron chi connectivity index (χ1n) is 9.25. The molecule has 1 atom stereocenters. The smallest absolute Gasteiger partial charge is 0.253 e. The molecular weight excluding hydrogens is 361 g/mol. The van der Waals surface area contributed by atoms with E-state index in [9.17, 15) is 18.8 Å². The molecule has 4 rings (SSSR count). The van der Waals surface area contributed by atoms with Crippen LogP contribution in [0.15, 0.2) is 54.6 Å². The van der Waals surface area contributed by atoms with Crippen molar-refractivity contribution in [3.05, 3.63) is 66.0 Å². The number of amides is 3. The van der Waals surface area contributed by atoms with E-state index in [-0.39, 0.29) is 24.1 Å². The summed E-state index contributed by atoms with van der Waals surface area (Å²) in [5.41, 5.74) is 1.03. The van der Waals surface area contributed by atoms with Crippen molar-refractivity contribution in [2.75, 3.05) is 31.1 Å². The number of rotatable bonds is 3. The normalized spacial score (nSPS) is 20.7. The number of benzene rings is 2. The molecule has 7 heteroatoms. The van der Waals surface area contributed by atoms with Crippen molar-refractivity contribution in [2.24, 2.45) is 0 Å².